The highest BCUT2D eigenvalue weighted by Gasteiger charge is 2.41. The minimum Gasteiger partial charge on any atom is -0.480 e. The maximum Gasteiger partial charge on any atom is 0.327 e. The van der Waals surface area contributed by atoms with Crippen molar-refractivity contribution >= 4 is 23.8 Å². The Labute approximate surface area is 124 Å². The van der Waals surface area contributed by atoms with Crippen molar-refractivity contribution in [2.24, 2.45) is 5.92 Å². The summed E-state index contributed by atoms with van der Waals surface area (Å²) in [5.41, 5.74) is 0. The van der Waals surface area contributed by atoms with Gasteiger partial charge in [0, 0.05) is 26.0 Å². The summed E-state index contributed by atoms with van der Waals surface area (Å²) < 4.78 is 5.03. The van der Waals surface area contributed by atoms with E-state index in [0.717, 1.165) is 0 Å². The number of ether oxygens (including phenoxy) is 1. The lowest BCUT2D eigenvalue weighted by atomic mass is 10.2. The molecule has 0 radical (unpaired) electrons. The zero-order valence-electron chi connectivity index (χ0n) is 12.5. The van der Waals surface area contributed by atoms with E-state index in [9.17, 15) is 14.7 Å². The van der Waals surface area contributed by atoms with Gasteiger partial charge in [-0.3, -0.25) is 4.90 Å². The third-order valence-corrected chi connectivity index (χ3v) is 4.37. The summed E-state index contributed by atoms with van der Waals surface area (Å²) in [5, 5.41) is 9.13. The molecule has 1 aliphatic heterocycles. The van der Waals surface area contributed by atoms with Crippen molar-refractivity contribution in [3.05, 3.63) is 0 Å². The minimum atomic E-state index is -0.938. The number of carboxylic acids is 1. The van der Waals surface area contributed by atoms with Crippen LogP contribution in [-0.4, -0.2) is 70.9 Å². The summed E-state index contributed by atoms with van der Waals surface area (Å²) in [6, 6.07) is -0.944. The second-order valence-corrected chi connectivity index (χ2v) is 6.66. The largest absolute Gasteiger partial charge is 0.480 e. The van der Waals surface area contributed by atoms with Crippen molar-refractivity contribution in [1.29, 1.82) is 0 Å². The third kappa shape index (κ3) is 4.28. The number of methoxy groups -OCH3 is 1. The van der Waals surface area contributed by atoms with Crippen molar-refractivity contribution < 1.29 is 19.4 Å². The molecule has 0 aromatic carbocycles. The first kappa shape index (κ1) is 17.1. The normalized spacial score (nSPS) is 22.4. The topological polar surface area (TPSA) is 70.1 Å². The predicted octanol–water partition coefficient (Wildman–Crippen LogP) is 1.56. The Morgan fingerprint density at radius 3 is 2.65 bits per heavy atom. The molecule has 0 bridgehead atoms. The van der Waals surface area contributed by atoms with Gasteiger partial charge in [0.05, 0.1) is 12.0 Å². The number of nitrogens with zero attached hydrogens (tertiary/aromatic N) is 2. The fraction of sp³-hybridized carbons (Fsp3) is 0.846. The average Bonchev–Trinajstić information content (AvgIpc) is 2.75. The molecule has 2 amide bonds. The van der Waals surface area contributed by atoms with Gasteiger partial charge in [0.1, 0.15) is 6.04 Å². The standard InChI is InChI=1S/C13H24N2O4S/c1-9(2)7-14(5-6-19-4)13(18)15-10(3)20-8-11(15)12(16)17/h9-11H,5-8H2,1-4H3,(H,16,17). The van der Waals surface area contributed by atoms with E-state index in [1.165, 1.54) is 16.7 Å². The van der Waals surface area contributed by atoms with E-state index in [4.69, 9.17) is 4.74 Å². The van der Waals surface area contributed by atoms with Crippen LogP contribution < -0.4 is 0 Å². The first-order valence-corrected chi connectivity index (χ1v) is 7.84. The molecule has 20 heavy (non-hydrogen) atoms. The molecule has 2 atom stereocenters. The molecule has 1 aliphatic rings. The molecule has 6 nitrogen and oxygen atoms in total. The van der Waals surface area contributed by atoms with Crippen molar-refractivity contribution in [2.75, 3.05) is 32.6 Å². The smallest absolute Gasteiger partial charge is 0.327 e. The van der Waals surface area contributed by atoms with Crippen LogP contribution in [0.4, 0.5) is 4.79 Å². The number of carboxylic acid groups (broad SMARTS) is 1. The molecule has 0 aromatic rings. The number of rotatable bonds is 6. The molecule has 0 aliphatic carbocycles. The van der Waals surface area contributed by atoms with E-state index in [1.54, 1.807) is 12.0 Å². The number of thioether (sulfide) groups is 1. The second kappa shape index (κ2) is 7.73. The van der Waals surface area contributed by atoms with Gasteiger partial charge in [-0.25, -0.2) is 9.59 Å². The van der Waals surface area contributed by atoms with E-state index in [-0.39, 0.29) is 11.4 Å². The summed E-state index contributed by atoms with van der Waals surface area (Å²) >= 11 is 1.50. The zero-order chi connectivity index (χ0) is 15.3. The van der Waals surface area contributed by atoms with Crippen molar-refractivity contribution in [1.82, 2.24) is 9.80 Å². The SMILES string of the molecule is COCCN(CC(C)C)C(=O)N1C(C)SCC1C(=O)O. The van der Waals surface area contributed by atoms with Crippen LogP contribution in [0.15, 0.2) is 0 Å². The third-order valence-electron chi connectivity index (χ3n) is 3.15. The monoisotopic (exact) mass is 304 g/mol. The van der Waals surface area contributed by atoms with E-state index in [1.807, 2.05) is 20.8 Å². The fourth-order valence-electron chi connectivity index (χ4n) is 2.19. The first-order valence-electron chi connectivity index (χ1n) is 6.79. The molecule has 0 aromatic heterocycles. The highest BCUT2D eigenvalue weighted by molar-refractivity contribution is 8.00. The lowest BCUT2D eigenvalue weighted by Crippen LogP contribution is -2.52. The van der Waals surface area contributed by atoms with Gasteiger partial charge in [-0.05, 0) is 12.8 Å². The summed E-state index contributed by atoms with van der Waals surface area (Å²) in [6.07, 6.45) is 0. The maximum atomic E-state index is 12.6. The number of aliphatic carboxylic acids is 1. The van der Waals surface area contributed by atoms with Crippen LogP contribution in [0.5, 0.6) is 0 Å². The zero-order valence-corrected chi connectivity index (χ0v) is 13.4. The Morgan fingerprint density at radius 2 is 2.15 bits per heavy atom. The van der Waals surface area contributed by atoms with Gasteiger partial charge in [-0.15, -0.1) is 11.8 Å². The molecule has 1 N–H and O–H groups in total. The number of hydrogen-bond donors (Lipinski definition) is 1. The van der Waals surface area contributed by atoms with Crippen LogP contribution in [0.1, 0.15) is 20.8 Å². The minimum absolute atomic E-state index is 0.110. The summed E-state index contributed by atoms with van der Waals surface area (Å²) in [6.45, 7) is 7.46. The van der Waals surface area contributed by atoms with Crippen molar-refractivity contribution in [3.8, 4) is 0 Å². The van der Waals surface area contributed by atoms with E-state index >= 15 is 0 Å². The molecule has 1 heterocycles. The maximum absolute atomic E-state index is 12.6. The van der Waals surface area contributed by atoms with Crippen LogP contribution in [0, 0.1) is 5.92 Å². The first-order chi connectivity index (χ1) is 9.38. The summed E-state index contributed by atoms with van der Waals surface area (Å²) in [5.74, 6) is -0.168. The van der Waals surface area contributed by atoms with Gasteiger partial charge in [-0.1, -0.05) is 13.8 Å². The summed E-state index contributed by atoms with van der Waals surface area (Å²) in [7, 11) is 1.59. The van der Waals surface area contributed by atoms with Gasteiger partial charge in [0.15, 0.2) is 0 Å². The predicted molar refractivity (Wildman–Crippen MR) is 78.9 cm³/mol. The number of carbonyl (C=O) groups excluding carboxylic acids is 1. The van der Waals surface area contributed by atoms with Crippen LogP contribution >= 0.6 is 11.8 Å². The Balaban J connectivity index is 2.82. The lowest BCUT2D eigenvalue weighted by molar-refractivity contribution is -0.141. The van der Waals surface area contributed by atoms with Crippen LogP contribution in [0.2, 0.25) is 0 Å². The molecule has 0 spiro atoms. The average molecular weight is 304 g/mol. The molecular weight excluding hydrogens is 280 g/mol. The Bertz CT molecular complexity index is 351. The molecule has 7 heteroatoms. The number of urea groups is 1. The number of carbonyl (C=O) groups is 2. The molecule has 1 rings (SSSR count). The Morgan fingerprint density at radius 1 is 1.50 bits per heavy atom. The lowest BCUT2D eigenvalue weighted by Gasteiger charge is -2.33. The number of hydrogen-bond acceptors (Lipinski definition) is 4. The van der Waals surface area contributed by atoms with E-state index in [0.29, 0.717) is 31.4 Å². The Kier molecular flexibility index (Phi) is 6.61. The molecule has 1 saturated heterocycles. The molecule has 0 saturated carbocycles. The molecule has 1 fully saturated rings. The van der Waals surface area contributed by atoms with Crippen LogP contribution in [-0.2, 0) is 9.53 Å². The van der Waals surface area contributed by atoms with E-state index < -0.39 is 12.0 Å². The van der Waals surface area contributed by atoms with Crippen molar-refractivity contribution in [3.63, 3.8) is 0 Å². The molecule has 116 valence electrons. The highest BCUT2D eigenvalue weighted by Crippen LogP contribution is 2.30. The fourth-order valence-corrected chi connectivity index (χ4v) is 3.36. The quantitative estimate of drug-likeness (QED) is 0.806. The van der Waals surface area contributed by atoms with Gasteiger partial charge in [-0.2, -0.15) is 0 Å². The van der Waals surface area contributed by atoms with Gasteiger partial charge < -0.3 is 14.7 Å². The van der Waals surface area contributed by atoms with Crippen molar-refractivity contribution in [2.45, 2.75) is 32.2 Å². The number of amides is 2. The second-order valence-electron chi connectivity index (χ2n) is 5.31. The Hall–Kier alpha value is -0.950. The van der Waals surface area contributed by atoms with Gasteiger partial charge in [0.25, 0.3) is 0 Å². The van der Waals surface area contributed by atoms with Crippen LogP contribution in [0.3, 0.4) is 0 Å². The molecular formula is C13H24N2O4S. The molecule has 2 unspecified atom stereocenters. The highest BCUT2D eigenvalue weighted by atomic mass is 32.2. The summed E-state index contributed by atoms with van der Waals surface area (Å²) in [4.78, 5) is 27.1. The van der Waals surface area contributed by atoms with Gasteiger partial charge in [0.2, 0.25) is 0 Å². The van der Waals surface area contributed by atoms with Gasteiger partial charge >= 0.3 is 12.0 Å². The van der Waals surface area contributed by atoms with E-state index in [2.05, 4.69) is 0 Å². The van der Waals surface area contributed by atoms with Crippen LogP contribution in [0.25, 0.3) is 0 Å².